The standard InChI is InChI=1S/C24H32N2O8S/c1-35(31,32)26-22-12-21(10-11-23(22)28)33-14-19(27)13-25-18-6-2-16(3-7-18)17-4-8-20(9-5-17)34-15-24(29)30/h4-5,8-12,16,18-19,25-28H,2-3,6-7,13-15H2,1H3,(H,29,30)/t16?,18?,19-/m0/s1. The molecule has 1 atom stereocenters. The Labute approximate surface area is 204 Å². The minimum atomic E-state index is -3.55. The SMILES string of the molecule is CS(=O)(=O)Nc1cc(OC[C@@H](O)CNC2CCC(c3ccc(OCC(=O)O)cc3)CC2)ccc1O. The number of sulfonamides is 1. The third kappa shape index (κ3) is 8.93. The molecule has 2 aromatic rings. The van der Waals surface area contributed by atoms with Crippen LogP contribution in [0.2, 0.25) is 0 Å². The number of aliphatic hydroxyl groups is 1. The second kappa shape index (κ2) is 12.1. The van der Waals surface area contributed by atoms with Crippen LogP contribution in [0.4, 0.5) is 5.69 Å². The van der Waals surface area contributed by atoms with E-state index in [1.807, 2.05) is 12.1 Å². The molecule has 0 radical (unpaired) electrons. The van der Waals surface area contributed by atoms with Crippen molar-refractivity contribution >= 4 is 21.7 Å². The highest BCUT2D eigenvalue weighted by molar-refractivity contribution is 7.92. The average Bonchev–Trinajstić information content (AvgIpc) is 2.81. The van der Waals surface area contributed by atoms with Crippen molar-refractivity contribution in [2.45, 2.75) is 43.7 Å². The minimum absolute atomic E-state index is 0.0109. The smallest absolute Gasteiger partial charge is 0.341 e. The predicted molar refractivity (Wildman–Crippen MR) is 131 cm³/mol. The summed E-state index contributed by atoms with van der Waals surface area (Å²) in [5.74, 6) is 0.0703. The molecule has 0 aromatic heterocycles. The van der Waals surface area contributed by atoms with E-state index >= 15 is 0 Å². The molecule has 10 nitrogen and oxygen atoms in total. The molecule has 2 aromatic carbocycles. The van der Waals surface area contributed by atoms with Gasteiger partial charge in [0.1, 0.15) is 30.0 Å². The Kier molecular flexibility index (Phi) is 9.19. The number of benzene rings is 2. The van der Waals surface area contributed by atoms with E-state index in [0.29, 0.717) is 30.0 Å². The number of phenolic OH excluding ortho intramolecular Hbond substituents is 1. The van der Waals surface area contributed by atoms with E-state index in [-0.39, 0.29) is 24.7 Å². The van der Waals surface area contributed by atoms with Crippen molar-refractivity contribution < 1.29 is 38.0 Å². The number of carboxylic acid groups (broad SMARTS) is 1. The van der Waals surface area contributed by atoms with Crippen molar-refractivity contribution in [3.8, 4) is 17.2 Å². The van der Waals surface area contributed by atoms with Gasteiger partial charge in [-0.25, -0.2) is 13.2 Å². The Morgan fingerprint density at radius 1 is 1.06 bits per heavy atom. The monoisotopic (exact) mass is 508 g/mol. The quantitative estimate of drug-likeness (QED) is 0.272. The molecule has 0 amide bonds. The first kappa shape index (κ1) is 26.6. The lowest BCUT2D eigenvalue weighted by molar-refractivity contribution is -0.139. The van der Waals surface area contributed by atoms with Crippen LogP contribution in [-0.4, -0.2) is 67.9 Å². The number of ether oxygens (including phenoxy) is 2. The second-order valence-corrected chi connectivity index (χ2v) is 10.5. The van der Waals surface area contributed by atoms with E-state index in [0.717, 1.165) is 31.9 Å². The number of aromatic hydroxyl groups is 1. The molecule has 3 rings (SSSR count). The zero-order valence-corrected chi connectivity index (χ0v) is 20.3. The van der Waals surface area contributed by atoms with E-state index in [1.54, 1.807) is 12.1 Å². The van der Waals surface area contributed by atoms with Crippen molar-refractivity contribution in [1.29, 1.82) is 0 Å². The summed E-state index contributed by atoms with van der Waals surface area (Å²) in [5.41, 5.74) is 1.22. The van der Waals surface area contributed by atoms with Gasteiger partial charge < -0.3 is 30.1 Å². The first-order valence-corrected chi connectivity index (χ1v) is 13.3. The molecule has 0 aliphatic heterocycles. The van der Waals surface area contributed by atoms with Gasteiger partial charge >= 0.3 is 5.97 Å². The van der Waals surface area contributed by atoms with Gasteiger partial charge in [0.2, 0.25) is 10.0 Å². The lowest BCUT2D eigenvalue weighted by Gasteiger charge is -2.30. The van der Waals surface area contributed by atoms with Crippen LogP contribution in [-0.2, 0) is 14.8 Å². The molecule has 0 heterocycles. The average molecular weight is 509 g/mol. The Balaban J connectivity index is 1.38. The fraction of sp³-hybridized carbons (Fsp3) is 0.458. The number of phenols is 1. The number of carbonyl (C=O) groups is 1. The summed E-state index contributed by atoms with van der Waals surface area (Å²) in [6.07, 6.45) is 4.17. The van der Waals surface area contributed by atoms with Gasteiger partial charge in [-0.3, -0.25) is 4.72 Å². The van der Waals surface area contributed by atoms with Crippen LogP contribution in [0.5, 0.6) is 17.2 Å². The summed E-state index contributed by atoms with van der Waals surface area (Å²) in [4.78, 5) is 10.6. The molecule has 0 unspecified atom stereocenters. The Morgan fingerprint density at radius 2 is 1.71 bits per heavy atom. The van der Waals surface area contributed by atoms with E-state index in [9.17, 15) is 23.4 Å². The molecular weight excluding hydrogens is 476 g/mol. The van der Waals surface area contributed by atoms with Crippen LogP contribution >= 0.6 is 0 Å². The van der Waals surface area contributed by atoms with Gasteiger partial charge in [0.25, 0.3) is 0 Å². The third-order valence-electron chi connectivity index (χ3n) is 5.79. The largest absolute Gasteiger partial charge is 0.506 e. The van der Waals surface area contributed by atoms with Gasteiger partial charge in [0.15, 0.2) is 6.61 Å². The number of anilines is 1. The molecule has 192 valence electrons. The maximum Gasteiger partial charge on any atom is 0.341 e. The second-order valence-electron chi connectivity index (χ2n) is 8.73. The first-order chi connectivity index (χ1) is 16.6. The number of carboxylic acids is 1. The number of aliphatic carboxylic acids is 1. The summed E-state index contributed by atoms with van der Waals surface area (Å²) in [6, 6.07) is 12.0. The lowest BCUT2D eigenvalue weighted by Crippen LogP contribution is -2.39. The number of rotatable bonds is 12. The van der Waals surface area contributed by atoms with Gasteiger partial charge in [-0.2, -0.15) is 0 Å². The molecule has 1 aliphatic rings. The highest BCUT2D eigenvalue weighted by Crippen LogP contribution is 2.33. The predicted octanol–water partition coefficient (Wildman–Crippen LogP) is 2.28. The lowest BCUT2D eigenvalue weighted by atomic mass is 9.81. The van der Waals surface area contributed by atoms with E-state index in [1.165, 1.54) is 23.8 Å². The van der Waals surface area contributed by atoms with Gasteiger partial charge in [-0.15, -0.1) is 0 Å². The van der Waals surface area contributed by atoms with Gasteiger partial charge in [-0.05, 0) is 61.4 Å². The fourth-order valence-corrected chi connectivity index (χ4v) is 4.62. The van der Waals surface area contributed by atoms with Gasteiger partial charge in [0.05, 0.1) is 11.9 Å². The highest BCUT2D eigenvalue weighted by atomic mass is 32.2. The van der Waals surface area contributed by atoms with E-state index < -0.39 is 22.1 Å². The molecule has 5 N–H and O–H groups in total. The summed E-state index contributed by atoms with van der Waals surface area (Å²) >= 11 is 0. The van der Waals surface area contributed by atoms with E-state index in [4.69, 9.17) is 14.6 Å². The minimum Gasteiger partial charge on any atom is -0.506 e. The first-order valence-electron chi connectivity index (χ1n) is 11.4. The Hall–Kier alpha value is -3.02. The highest BCUT2D eigenvalue weighted by Gasteiger charge is 2.23. The van der Waals surface area contributed by atoms with Crippen LogP contribution in [0.3, 0.4) is 0 Å². The summed E-state index contributed by atoms with van der Waals surface area (Å²) in [6.45, 7) is 0.0165. The number of aliphatic hydroxyl groups excluding tert-OH is 1. The summed E-state index contributed by atoms with van der Waals surface area (Å²) in [7, 11) is -3.55. The van der Waals surface area contributed by atoms with Crippen LogP contribution in [0, 0.1) is 0 Å². The molecule has 11 heteroatoms. The molecular formula is C24H32N2O8S. The molecule has 1 aliphatic carbocycles. The normalized spacial score (nSPS) is 19.0. The zero-order chi connectivity index (χ0) is 25.4. The summed E-state index contributed by atoms with van der Waals surface area (Å²) < 4.78 is 35.7. The van der Waals surface area contributed by atoms with Crippen LogP contribution in [0.25, 0.3) is 0 Å². The Morgan fingerprint density at radius 3 is 2.34 bits per heavy atom. The molecule has 1 fully saturated rings. The third-order valence-corrected chi connectivity index (χ3v) is 6.38. The number of hydrogen-bond donors (Lipinski definition) is 5. The Bertz CT molecular complexity index is 1080. The van der Waals surface area contributed by atoms with Crippen LogP contribution in [0.15, 0.2) is 42.5 Å². The van der Waals surface area contributed by atoms with Crippen LogP contribution < -0.4 is 19.5 Å². The zero-order valence-electron chi connectivity index (χ0n) is 19.5. The maximum atomic E-state index is 11.4. The van der Waals surface area contributed by atoms with E-state index in [2.05, 4.69) is 10.0 Å². The van der Waals surface area contributed by atoms with Crippen molar-refractivity contribution in [1.82, 2.24) is 5.32 Å². The number of hydrogen-bond acceptors (Lipinski definition) is 8. The maximum absolute atomic E-state index is 11.4. The summed E-state index contributed by atoms with van der Waals surface area (Å²) in [5, 5.41) is 32.1. The van der Waals surface area contributed by atoms with Crippen molar-refractivity contribution in [2.75, 3.05) is 30.7 Å². The van der Waals surface area contributed by atoms with Gasteiger partial charge in [0, 0.05) is 18.7 Å². The molecule has 0 saturated heterocycles. The van der Waals surface area contributed by atoms with Gasteiger partial charge in [-0.1, -0.05) is 12.1 Å². The molecule has 0 bridgehead atoms. The van der Waals surface area contributed by atoms with Crippen LogP contribution in [0.1, 0.15) is 37.2 Å². The van der Waals surface area contributed by atoms with Crippen molar-refractivity contribution in [3.05, 3.63) is 48.0 Å². The molecule has 35 heavy (non-hydrogen) atoms. The molecule has 1 saturated carbocycles. The fourth-order valence-electron chi connectivity index (χ4n) is 4.05. The number of nitrogens with one attached hydrogen (secondary N) is 2. The van der Waals surface area contributed by atoms with Crippen molar-refractivity contribution in [2.24, 2.45) is 0 Å². The van der Waals surface area contributed by atoms with Crippen molar-refractivity contribution in [3.63, 3.8) is 0 Å². The molecule has 0 spiro atoms. The topological polar surface area (TPSA) is 154 Å².